The smallest absolute Gasteiger partial charge is 0.158 e. The van der Waals surface area contributed by atoms with Crippen LogP contribution in [-0.4, -0.2) is 41.1 Å². The molecule has 0 aliphatic carbocycles. The summed E-state index contributed by atoms with van der Waals surface area (Å²) in [6.45, 7) is 3.79. The molecule has 0 aromatic carbocycles. The van der Waals surface area contributed by atoms with Crippen molar-refractivity contribution in [2.75, 3.05) is 31.1 Å². The zero-order valence-corrected chi connectivity index (χ0v) is 9.98. The summed E-state index contributed by atoms with van der Waals surface area (Å²) in [4.78, 5) is 15.1. The number of hydrogen-bond acceptors (Lipinski definition) is 5. The first-order chi connectivity index (χ1) is 8.34. The average molecular weight is 250 g/mol. The summed E-state index contributed by atoms with van der Waals surface area (Å²) in [6, 6.07) is 3.62. The highest BCUT2D eigenvalue weighted by molar-refractivity contribution is 6.29. The van der Waals surface area contributed by atoms with Crippen molar-refractivity contribution >= 4 is 28.5 Å². The van der Waals surface area contributed by atoms with Gasteiger partial charge in [-0.25, -0.2) is 15.0 Å². The van der Waals surface area contributed by atoms with Gasteiger partial charge in [0.05, 0.1) is 5.52 Å². The van der Waals surface area contributed by atoms with Crippen LogP contribution in [0.5, 0.6) is 0 Å². The Morgan fingerprint density at radius 3 is 2.82 bits per heavy atom. The van der Waals surface area contributed by atoms with Crippen LogP contribution in [0.15, 0.2) is 18.5 Å². The number of halogens is 1. The Kier molecular flexibility index (Phi) is 2.78. The summed E-state index contributed by atoms with van der Waals surface area (Å²) in [6.07, 6.45) is 1.58. The second kappa shape index (κ2) is 4.43. The van der Waals surface area contributed by atoms with Crippen LogP contribution in [0.2, 0.25) is 5.15 Å². The van der Waals surface area contributed by atoms with Gasteiger partial charge in [0.25, 0.3) is 0 Å². The molecule has 17 heavy (non-hydrogen) atoms. The maximum Gasteiger partial charge on any atom is 0.158 e. The molecule has 2 aromatic heterocycles. The van der Waals surface area contributed by atoms with E-state index in [0.29, 0.717) is 5.15 Å². The lowest BCUT2D eigenvalue weighted by Crippen LogP contribution is -2.44. The van der Waals surface area contributed by atoms with E-state index in [0.717, 1.165) is 43.0 Å². The summed E-state index contributed by atoms with van der Waals surface area (Å²) in [7, 11) is 0. The Balaban J connectivity index is 2.11. The summed E-state index contributed by atoms with van der Waals surface area (Å²) in [5, 5.41) is 3.79. The van der Waals surface area contributed by atoms with E-state index in [-0.39, 0.29) is 0 Å². The number of aromatic nitrogens is 3. The van der Waals surface area contributed by atoms with Crippen molar-refractivity contribution in [1.82, 2.24) is 20.3 Å². The number of rotatable bonds is 1. The summed E-state index contributed by atoms with van der Waals surface area (Å²) < 4.78 is 0. The van der Waals surface area contributed by atoms with Crippen LogP contribution in [0.1, 0.15) is 0 Å². The third-order valence-corrected chi connectivity index (χ3v) is 3.06. The van der Waals surface area contributed by atoms with Crippen molar-refractivity contribution in [3.8, 4) is 0 Å². The maximum atomic E-state index is 5.93. The van der Waals surface area contributed by atoms with Crippen LogP contribution in [0.25, 0.3) is 11.0 Å². The molecule has 1 saturated heterocycles. The maximum absolute atomic E-state index is 5.93. The lowest BCUT2D eigenvalue weighted by Gasteiger charge is -2.28. The van der Waals surface area contributed by atoms with Gasteiger partial charge >= 0.3 is 0 Å². The largest absolute Gasteiger partial charge is 0.352 e. The van der Waals surface area contributed by atoms with Crippen molar-refractivity contribution in [3.05, 3.63) is 23.6 Å². The topological polar surface area (TPSA) is 53.9 Å². The Hall–Kier alpha value is -1.46. The lowest BCUT2D eigenvalue weighted by atomic mass is 10.3. The molecule has 2 aromatic rings. The van der Waals surface area contributed by atoms with E-state index in [1.807, 2.05) is 6.07 Å². The number of piperazine rings is 1. The highest BCUT2D eigenvalue weighted by Crippen LogP contribution is 2.22. The molecule has 88 valence electrons. The first-order valence-corrected chi connectivity index (χ1v) is 5.95. The number of nitrogens with zero attached hydrogens (tertiary/aromatic N) is 4. The molecular formula is C11H12ClN5. The molecule has 1 N–H and O–H groups in total. The van der Waals surface area contributed by atoms with Gasteiger partial charge in [-0.15, -0.1) is 0 Å². The average Bonchev–Trinajstić information content (AvgIpc) is 2.39. The van der Waals surface area contributed by atoms with E-state index in [2.05, 4.69) is 25.2 Å². The van der Waals surface area contributed by atoms with Crippen LogP contribution in [0.3, 0.4) is 0 Å². The Morgan fingerprint density at radius 2 is 2.00 bits per heavy atom. The molecule has 0 spiro atoms. The minimum absolute atomic E-state index is 0.476. The summed E-state index contributed by atoms with van der Waals surface area (Å²) in [5.41, 5.74) is 1.61. The second-order valence-corrected chi connectivity index (χ2v) is 4.32. The molecule has 0 bridgehead atoms. The molecule has 6 heteroatoms. The molecular weight excluding hydrogens is 238 g/mol. The molecule has 3 heterocycles. The Bertz CT molecular complexity index is 538. The highest BCUT2D eigenvalue weighted by Gasteiger charge is 2.15. The molecule has 0 saturated carbocycles. The summed E-state index contributed by atoms with van der Waals surface area (Å²) >= 11 is 5.93. The molecule has 0 unspecified atom stereocenters. The normalized spacial score (nSPS) is 16.4. The zero-order chi connectivity index (χ0) is 11.7. The predicted molar refractivity (Wildman–Crippen MR) is 67.4 cm³/mol. The van der Waals surface area contributed by atoms with Gasteiger partial charge in [0.15, 0.2) is 5.82 Å². The van der Waals surface area contributed by atoms with Gasteiger partial charge in [-0.05, 0) is 12.1 Å². The first-order valence-electron chi connectivity index (χ1n) is 5.57. The molecule has 0 atom stereocenters. The van der Waals surface area contributed by atoms with Crippen LogP contribution < -0.4 is 10.2 Å². The lowest BCUT2D eigenvalue weighted by molar-refractivity contribution is 0.586. The van der Waals surface area contributed by atoms with Crippen molar-refractivity contribution in [3.63, 3.8) is 0 Å². The summed E-state index contributed by atoms with van der Waals surface area (Å²) in [5.74, 6) is 0.874. The van der Waals surface area contributed by atoms with Crippen LogP contribution in [0, 0.1) is 0 Å². The van der Waals surface area contributed by atoms with Crippen LogP contribution in [0.4, 0.5) is 5.82 Å². The third-order valence-electron chi connectivity index (χ3n) is 2.85. The number of anilines is 1. The highest BCUT2D eigenvalue weighted by atomic mass is 35.5. The van der Waals surface area contributed by atoms with E-state index in [1.165, 1.54) is 0 Å². The first kappa shape index (κ1) is 10.7. The van der Waals surface area contributed by atoms with Gasteiger partial charge in [0, 0.05) is 26.2 Å². The fourth-order valence-electron chi connectivity index (χ4n) is 2.01. The SMILES string of the molecule is Clc1ccc2ncnc(N3CCNCC3)c2n1. The molecule has 3 rings (SSSR count). The molecule has 1 aliphatic rings. The van der Waals surface area contributed by atoms with E-state index < -0.39 is 0 Å². The number of nitrogens with one attached hydrogen (secondary N) is 1. The molecule has 5 nitrogen and oxygen atoms in total. The van der Waals surface area contributed by atoms with E-state index in [9.17, 15) is 0 Å². The van der Waals surface area contributed by atoms with Crippen LogP contribution >= 0.6 is 11.6 Å². The van der Waals surface area contributed by atoms with Gasteiger partial charge in [0.2, 0.25) is 0 Å². The molecule has 0 amide bonds. The minimum atomic E-state index is 0.476. The monoisotopic (exact) mass is 249 g/mol. The van der Waals surface area contributed by atoms with Gasteiger partial charge < -0.3 is 10.2 Å². The number of pyridine rings is 1. The standard InChI is InChI=1S/C11H12ClN5/c12-9-2-1-8-10(16-9)11(15-7-14-8)17-5-3-13-4-6-17/h1-2,7,13H,3-6H2. The Morgan fingerprint density at radius 1 is 1.18 bits per heavy atom. The van der Waals surface area contributed by atoms with Gasteiger partial charge in [-0.3, -0.25) is 0 Å². The van der Waals surface area contributed by atoms with E-state index >= 15 is 0 Å². The molecule has 0 radical (unpaired) electrons. The van der Waals surface area contributed by atoms with Gasteiger partial charge in [-0.2, -0.15) is 0 Å². The molecule has 1 fully saturated rings. The van der Waals surface area contributed by atoms with E-state index in [1.54, 1.807) is 12.4 Å². The van der Waals surface area contributed by atoms with E-state index in [4.69, 9.17) is 11.6 Å². The third kappa shape index (κ3) is 2.03. The fourth-order valence-corrected chi connectivity index (χ4v) is 2.16. The predicted octanol–water partition coefficient (Wildman–Crippen LogP) is 1.09. The molecule has 1 aliphatic heterocycles. The fraction of sp³-hybridized carbons (Fsp3) is 0.364. The van der Waals surface area contributed by atoms with Crippen LogP contribution in [-0.2, 0) is 0 Å². The zero-order valence-electron chi connectivity index (χ0n) is 9.23. The Labute approximate surface area is 104 Å². The quantitative estimate of drug-likeness (QED) is 0.767. The van der Waals surface area contributed by atoms with Gasteiger partial charge in [-0.1, -0.05) is 11.6 Å². The van der Waals surface area contributed by atoms with Crippen molar-refractivity contribution in [2.24, 2.45) is 0 Å². The van der Waals surface area contributed by atoms with Crippen molar-refractivity contribution < 1.29 is 0 Å². The number of fused-ring (bicyclic) bond motifs is 1. The minimum Gasteiger partial charge on any atom is -0.352 e. The second-order valence-electron chi connectivity index (χ2n) is 3.94. The number of hydrogen-bond donors (Lipinski definition) is 1. The van der Waals surface area contributed by atoms with Crippen molar-refractivity contribution in [2.45, 2.75) is 0 Å². The van der Waals surface area contributed by atoms with Crippen molar-refractivity contribution in [1.29, 1.82) is 0 Å². The van der Waals surface area contributed by atoms with Gasteiger partial charge in [0.1, 0.15) is 17.0 Å².